The Labute approximate surface area is 153 Å². The van der Waals surface area contributed by atoms with Gasteiger partial charge in [0.2, 0.25) is 0 Å². The van der Waals surface area contributed by atoms with Gasteiger partial charge in [0, 0.05) is 29.3 Å². The monoisotopic (exact) mass is 403 g/mol. The lowest BCUT2D eigenvalue weighted by Crippen LogP contribution is -2.25. The van der Waals surface area contributed by atoms with E-state index in [0.29, 0.717) is 17.1 Å². The molecule has 0 aliphatic carbocycles. The number of nitrogens with zero attached hydrogens (tertiary/aromatic N) is 3. The molecule has 0 unspecified atom stereocenters. The summed E-state index contributed by atoms with van der Waals surface area (Å²) in [7, 11) is 1.78. The predicted octanol–water partition coefficient (Wildman–Crippen LogP) is 4.56. The minimum atomic E-state index is -0.0712. The second-order valence-electron chi connectivity index (χ2n) is 5.44. The van der Waals surface area contributed by atoms with Crippen molar-refractivity contribution in [1.29, 1.82) is 0 Å². The fourth-order valence-electron chi connectivity index (χ4n) is 2.32. The summed E-state index contributed by atoms with van der Waals surface area (Å²) in [5, 5.41) is 4.92. The van der Waals surface area contributed by atoms with Gasteiger partial charge in [0.25, 0.3) is 5.91 Å². The first-order chi connectivity index (χ1) is 11.5. The van der Waals surface area contributed by atoms with Gasteiger partial charge in [0.1, 0.15) is 0 Å². The molecule has 1 amide bonds. The average molecular weight is 405 g/mol. The SMILES string of the molecule is CN(Cc1ccc(Br)cc1)C(=O)c1cnn(-c2ccc(Cl)cc2)c1. The van der Waals surface area contributed by atoms with E-state index < -0.39 is 0 Å². The number of aromatic nitrogens is 2. The fraction of sp³-hybridized carbons (Fsp3) is 0.111. The number of amides is 1. The lowest BCUT2D eigenvalue weighted by atomic mass is 10.2. The maximum absolute atomic E-state index is 12.6. The Morgan fingerprint density at radius 2 is 1.83 bits per heavy atom. The second-order valence-corrected chi connectivity index (χ2v) is 6.79. The van der Waals surface area contributed by atoms with Crippen LogP contribution in [0.15, 0.2) is 65.4 Å². The van der Waals surface area contributed by atoms with Gasteiger partial charge in [-0.3, -0.25) is 4.79 Å². The normalized spacial score (nSPS) is 10.6. The Balaban J connectivity index is 1.73. The van der Waals surface area contributed by atoms with E-state index in [-0.39, 0.29) is 5.91 Å². The van der Waals surface area contributed by atoms with Gasteiger partial charge in [0.15, 0.2) is 0 Å². The molecule has 0 saturated heterocycles. The van der Waals surface area contributed by atoms with Crippen molar-refractivity contribution in [2.24, 2.45) is 0 Å². The zero-order valence-electron chi connectivity index (χ0n) is 13.0. The molecule has 3 rings (SSSR count). The van der Waals surface area contributed by atoms with Crippen LogP contribution < -0.4 is 0 Å². The molecule has 0 atom stereocenters. The summed E-state index contributed by atoms with van der Waals surface area (Å²) in [5.74, 6) is -0.0712. The molecule has 1 aromatic heterocycles. The van der Waals surface area contributed by atoms with Crippen LogP contribution in [0.4, 0.5) is 0 Å². The van der Waals surface area contributed by atoms with Crippen LogP contribution in [0, 0.1) is 0 Å². The molecule has 0 N–H and O–H groups in total. The maximum Gasteiger partial charge on any atom is 0.257 e. The highest BCUT2D eigenvalue weighted by atomic mass is 79.9. The molecule has 0 fully saturated rings. The van der Waals surface area contributed by atoms with E-state index in [0.717, 1.165) is 15.7 Å². The molecule has 0 spiro atoms. The summed E-state index contributed by atoms with van der Waals surface area (Å²) in [6, 6.07) is 15.2. The summed E-state index contributed by atoms with van der Waals surface area (Å²) in [6.07, 6.45) is 3.30. The molecular formula is C18H15BrClN3O. The highest BCUT2D eigenvalue weighted by Gasteiger charge is 2.14. The standard InChI is InChI=1S/C18H15BrClN3O/c1-22(11-13-2-4-15(19)5-3-13)18(24)14-10-21-23(12-14)17-8-6-16(20)7-9-17/h2-10,12H,11H2,1H3. The van der Waals surface area contributed by atoms with Crippen LogP contribution in [-0.4, -0.2) is 27.6 Å². The summed E-state index contributed by atoms with van der Waals surface area (Å²) >= 11 is 9.30. The molecule has 3 aromatic rings. The number of hydrogen-bond acceptors (Lipinski definition) is 2. The van der Waals surface area contributed by atoms with E-state index in [9.17, 15) is 4.79 Å². The topological polar surface area (TPSA) is 38.1 Å². The highest BCUT2D eigenvalue weighted by Crippen LogP contribution is 2.15. The van der Waals surface area contributed by atoms with E-state index >= 15 is 0 Å². The number of hydrogen-bond donors (Lipinski definition) is 0. The van der Waals surface area contributed by atoms with Crippen molar-refractivity contribution < 1.29 is 4.79 Å². The largest absolute Gasteiger partial charge is 0.337 e. The molecule has 4 nitrogen and oxygen atoms in total. The molecule has 1 heterocycles. The Kier molecular flexibility index (Phi) is 5.02. The lowest BCUT2D eigenvalue weighted by Gasteiger charge is -2.16. The van der Waals surface area contributed by atoms with Crippen LogP contribution in [0.5, 0.6) is 0 Å². The summed E-state index contributed by atoms with van der Waals surface area (Å²) in [6.45, 7) is 0.540. The zero-order chi connectivity index (χ0) is 17.1. The van der Waals surface area contributed by atoms with Gasteiger partial charge in [-0.2, -0.15) is 5.10 Å². The van der Waals surface area contributed by atoms with Crippen molar-refractivity contribution in [2.75, 3.05) is 7.05 Å². The van der Waals surface area contributed by atoms with Crippen molar-refractivity contribution in [2.45, 2.75) is 6.54 Å². The van der Waals surface area contributed by atoms with Gasteiger partial charge in [-0.1, -0.05) is 39.7 Å². The summed E-state index contributed by atoms with van der Waals surface area (Å²) < 4.78 is 2.68. The Morgan fingerprint density at radius 3 is 2.50 bits per heavy atom. The Hall–Kier alpha value is -2.11. The van der Waals surface area contributed by atoms with Crippen molar-refractivity contribution in [3.63, 3.8) is 0 Å². The van der Waals surface area contributed by atoms with Crippen molar-refractivity contribution in [3.8, 4) is 5.69 Å². The average Bonchev–Trinajstić information content (AvgIpc) is 3.07. The minimum Gasteiger partial charge on any atom is -0.337 e. The van der Waals surface area contributed by atoms with Crippen LogP contribution in [0.25, 0.3) is 5.69 Å². The molecule has 2 aromatic carbocycles. The maximum atomic E-state index is 12.6. The predicted molar refractivity (Wildman–Crippen MR) is 98.5 cm³/mol. The Morgan fingerprint density at radius 1 is 1.17 bits per heavy atom. The molecule has 122 valence electrons. The molecule has 0 aliphatic heterocycles. The minimum absolute atomic E-state index is 0.0712. The van der Waals surface area contributed by atoms with Crippen molar-refractivity contribution in [1.82, 2.24) is 14.7 Å². The third-order valence-electron chi connectivity index (χ3n) is 3.60. The van der Waals surface area contributed by atoms with Crippen LogP contribution in [-0.2, 0) is 6.54 Å². The van der Waals surface area contributed by atoms with Gasteiger partial charge >= 0.3 is 0 Å². The number of rotatable bonds is 4. The van der Waals surface area contributed by atoms with Crippen molar-refractivity contribution in [3.05, 3.63) is 81.5 Å². The van der Waals surface area contributed by atoms with Crippen molar-refractivity contribution >= 4 is 33.4 Å². The lowest BCUT2D eigenvalue weighted by molar-refractivity contribution is 0.0785. The third-order valence-corrected chi connectivity index (χ3v) is 4.38. The number of carbonyl (C=O) groups is 1. The highest BCUT2D eigenvalue weighted by molar-refractivity contribution is 9.10. The summed E-state index contributed by atoms with van der Waals surface area (Å²) in [5.41, 5.74) is 2.47. The van der Waals surface area contributed by atoms with Crippen LogP contribution in [0.3, 0.4) is 0 Å². The molecule has 0 bridgehead atoms. The van der Waals surface area contributed by atoms with Gasteiger partial charge in [0.05, 0.1) is 17.4 Å². The first kappa shape index (κ1) is 16.7. The number of carbonyl (C=O) groups excluding carboxylic acids is 1. The van der Waals surface area contributed by atoms with Gasteiger partial charge in [-0.05, 0) is 42.0 Å². The number of halogens is 2. The summed E-state index contributed by atoms with van der Waals surface area (Å²) in [4.78, 5) is 14.2. The van der Waals surface area contributed by atoms with Gasteiger partial charge in [-0.15, -0.1) is 0 Å². The molecule has 0 radical (unpaired) electrons. The molecule has 0 aliphatic rings. The van der Waals surface area contributed by atoms with Crippen LogP contribution in [0.2, 0.25) is 5.02 Å². The smallest absolute Gasteiger partial charge is 0.257 e. The molecule has 6 heteroatoms. The van der Waals surface area contributed by atoms with Gasteiger partial charge in [-0.25, -0.2) is 4.68 Å². The zero-order valence-corrected chi connectivity index (χ0v) is 15.3. The third kappa shape index (κ3) is 3.86. The Bertz CT molecular complexity index is 843. The van der Waals surface area contributed by atoms with E-state index in [1.54, 1.807) is 41.2 Å². The molecule has 0 saturated carbocycles. The van der Waals surface area contributed by atoms with Crippen LogP contribution >= 0.6 is 27.5 Å². The van der Waals surface area contributed by atoms with E-state index in [1.807, 2.05) is 36.4 Å². The second kappa shape index (κ2) is 7.20. The number of benzene rings is 2. The quantitative estimate of drug-likeness (QED) is 0.639. The van der Waals surface area contributed by atoms with Gasteiger partial charge < -0.3 is 4.90 Å². The van der Waals surface area contributed by atoms with E-state index in [4.69, 9.17) is 11.6 Å². The van der Waals surface area contributed by atoms with Crippen LogP contribution in [0.1, 0.15) is 15.9 Å². The van der Waals surface area contributed by atoms with E-state index in [2.05, 4.69) is 21.0 Å². The molecule has 24 heavy (non-hydrogen) atoms. The fourth-order valence-corrected chi connectivity index (χ4v) is 2.71. The first-order valence-corrected chi connectivity index (χ1v) is 8.50. The molecular weight excluding hydrogens is 390 g/mol. The first-order valence-electron chi connectivity index (χ1n) is 7.33. The van der Waals surface area contributed by atoms with E-state index in [1.165, 1.54) is 0 Å².